The monoisotopic (exact) mass is 237 g/mol. The number of hydrogen-bond donors (Lipinski definition) is 1. The highest BCUT2D eigenvalue weighted by Crippen LogP contribution is 2.13. The Morgan fingerprint density at radius 1 is 1.29 bits per heavy atom. The summed E-state index contributed by atoms with van der Waals surface area (Å²) in [6, 6.07) is 6.98. The van der Waals surface area contributed by atoms with Crippen LogP contribution in [0, 0.1) is 5.92 Å². The Morgan fingerprint density at radius 2 is 1.94 bits per heavy atom. The summed E-state index contributed by atoms with van der Waals surface area (Å²) in [4.78, 5) is 15.9. The van der Waals surface area contributed by atoms with Crippen LogP contribution in [0.5, 0.6) is 5.75 Å². The molecule has 94 valence electrons. The first-order valence-corrected chi connectivity index (χ1v) is 5.69. The third-order valence-corrected chi connectivity index (χ3v) is 2.28. The molecule has 0 aliphatic carbocycles. The highest BCUT2D eigenvalue weighted by molar-refractivity contribution is 5.93. The SMILES string of the molecule is CONC(=O)c1ccc(OCCC(C)C)cc1. The van der Waals surface area contributed by atoms with Crippen molar-refractivity contribution in [3.63, 3.8) is 0 Å². The zero-order chi connectivity index (χ0) is 12.7. The van der Waals surface area contributed by atoms with E-state index in [0.717, 1.165) is 12.2 Å². The fourth-order valence-corrected chi connectivity index (χ4v) is 1.27. The fourth-order valence-electron chi connectivity index (χ4n) is 1.27. The molecule has 1 amide bonds. The summed E-state index contributed by atoms with van der Waals surface area (Å²) in [5.74, 6) is 1.14. The highest BCUT2D eigenvalue weighted by atomic mass is 16.6. The number of rotatable bonds is 6. The topological polar surface area (TPSA) is 47.6 Å². The van der Waals surface area contributed by atoms with Crippen molar-refractivity contribution in [2.75, 3.05) is 13.7 Å². The van der Waals surface area contributed by atoms with E-state index in [9.17, 15) is 4.79 Å². The molecule has 4 heteroatoms. The predicted octanol–water partition coefficient (Wildman–Crippen LogP) is 2.40. The number of hydrogen-bond acceptors (Lipinski definition) is 3. The molecule has 0 aliphatic heterocycles. The van der Waals surface area contributed by atoms with Gasteiger partial charge in [-0.05, 0) is 36.6 Å². The van der Waals surface area contributed by atoms with Crippen molar-refractivity contribution in [3.05, 3.63) is 29.8 Å². The molecule has 0 bridgehead atoms. The van der Waals surface area contributed by atoms with Gasteiger partial charge in [0.2, 0.25) is 0 Å². The van der Waals surface area contributed by atoms with Crippen molar-refractivity contribution < 1.29 is 14.4 Å². The van der Waals surface area contributed by atoms with E-state index in [2.05, 4.69) is 24.2 Å². The standard InChI is InChI=1S/C13H19NO3/c1-10(2)8-9-17-12-6-4-11(5-7-12)13(15)14-16-3/h4-7,10H,8-9H2,1-3H3,(H,14,15). The maximum atomic E-state index is 11.4. The molecule has 0 heterocycles. The van der Waals surface area contributed by atoms with Gasteiger partial charge in [-0.1, -0.05) is 13.8 Å². The van der Waals surface area contributed by atoms with Crippen molar-refractivity contribution in [3.8, 4) is 5.75 Å². The molecule has 0 radical (unpaired) electrons. The molecular formula is C13H19NO3. The average Bonchev–Trinajstić information content (AvgIpc) is 2.30. The van der Waals surface area contributed by atoms with Crippen molar-refractivity contribution in [1.82, 2.24) is 5.48 Å². The minimum Gasteiger partial charge on any atom is -0.494 e. The molecule has 0 fully saturated rings. The summed E-state index contributed by atoms with van der Waals surface area (Å²) in [7, 11) is 1.40. The minimum atomic E-state index is -0.263. The van der Waals surface area contributed by atoms with Crippen LogP contribution in [0.1, 0.15) is 30.6 Å². The summed E-state index contributed by atoms with van der Waals surface area (Å²) in [5, 5.41) is 0. The van der Waals surface area contributed by atoms with Gasteiger partial charge in [-0.25, -0.2) is 5.48 Å². The molecule has 0 saturated heterocycles. The van der Waals surface area contributed by atoms with Gasteiger partial charge in [-0.3, -0.25) is 9.63 Å². The van der Waals surface area contributed by atoms with E-state index in [4.69, 9.17) is 4.74 Å². The van der Waals surface area contributed by atoms with Crippen LogP contribution in [-0.4, -0.2) is 19.6 Å². The molecule has 0 unspecified atom stereocenters. The van der Waals surface area contributed by atoms with E-state index >= 15 is 0 Å². The van der Waals surface area contributed by atoms with E-state index in [1.54, 1.807) is 24.3 Å². The van der Waals surface area contributed by atoms with Crippen molar-refractivity contribution in [2.45, 2.75) is 20.3 Å². The lowest BCUT2D eigenvalue weighted by molar-refractivity contribution is 0.0537. The fraction of sp³-hybridized carbons (Fsp3) is 0.462. The zero-order valence-corrected chi connectivity index (χ0v) is 10.5. The summed E-state index contributed by atoms with van der Waals surface area (Å²) in [5.41, 5.74) is 2.80. The van der Waals surface area contributed by atoms with E-state index < -0.39 is 0 Å². The Bertz CT molecular complexity index is 346. The Kier molecular flexibility index (Phi) is 5.49. The minimum absolute atomic E-state index is 0.263. The van der Waals surface area contributed by atoms with Crippen LogP contribution in [0.2, 0.25) is 0 Å². The van der Waals surface area contributed by atoms with Gasteiger partial charge in [-0.15, -0.1) is 0 Å². The molecule has 0 aliphatic rings. The number of carbonyl (C=O) groups is 1. The maximum absolute atomic E-state index is 11.4. The van der Waals surface area contributed by atoms with Crippen molar-refractivity contribution in [2.24, 2.45) is 5.92 Å². The second-order valence-corrected chi connectivity index (χ2v) is 4.19. The lowest BCUT2D eigenvalue weighted by Crippen LogP contribution is -2.21. The van der Waals surface area contributed by atoms with Crippen molar-refractivity contribution in [1.29, 1.82) is 0 Å². The summed E-state index contributed by atoms with van der Waals surface area (Å²) >= 11 is 0. The molecule has 1 rings (SSSR count). The number of ether oxygens (including phenoxy) is 1. The van der Waals surface area contributed by atoms with Crippen LogP contribution >= 0.6 is 0 Å². The second kappa shape index (κ2) is 6.91. The van der Waals surface area contributed by atoms with Gasteiger partial charge >= 0.3 is 0 Å². The number of hydroxylamine groups is 1. The van der Waals surface area contributed by atoms with Gasteiger partial charge < -0.3 is 4.74 Å². The number of amides is 1. The highest BCUT2D eigenvalue weighted by Gasteiger charge is 2.04. The normalized spacial score (nSPS) is 10.4. The molecule has 17 heavy (non-hydrogen) atoms. The van der Waals surface area contributed by atoms with Crippen LogP contribution in [-0.2, 0) is 4.84 Å². The Morgan fingerprint density at radius 3 is 2.47 bits per heavy atom. The van der Waals surface area contributed by atoms with Gasteiger partial charge in [0, 0.05) is 5.56 Å². The molecule has 0 saturated carbocycles. The first-order valence-electron chi connectivity index (χ1n) is 5.69. The van der Waals surface area contributed by atoms with Gasteiger partial charge in [0.25, 0.3) is 5.91 Å². The predicted molar refractivity (Wildman–Crippen MR) is 65.9 cm³/mol. The van der Waals surface area contributed by atoms with Gasteiger partial charge in [0.05, 0.1) is 13.7 Å². The van der Waals surface area contributed by atoms with Gasteiger partial charge in [0.15, 0.2) is 0 Å². The van der Waals surface area contributed by atoms with Crippen LogP contribution in [0.3, 0.4) is 0 Å². The van der Waals surface area contributed by atoms with Crippen molar-refractivity contribution >= 4 is 5.91 Å². The Balaban J connectivity index is 2.47. The molecule has 1 aromatic carbocycles. The molecule has 0 aromatic heterocycles. The number of nitrogens with one attached hydrogen (secondary N) is 1. The van der Waals surface area contributed by atoms with Crippen LogP contribution in [0.25, 0.3) is 0 Å². The van der Waals surface area contributed by atoms with E-state index in [1.165, 1.54) is 7.11 Å². The summed E-state index contributed by atoms with van der Waals surface area (Å²) < 4.78 is 5.55. The molecule has 1 aromatic rings. The molecular weight excluding hydrogens is 218 g/mol. The van der Waals surface area contributed by atoms with Crippen LogP contribution < -0.4 is 10.2 Å². The van der Waals surface area contributed by atoms with Crippen LogP contribution in [0.15, 0.2) is 24.3 Å². The van der Waals surface area contributed by atoms with Gasteiger partial charge in [0.1, 0.15) is 5.75 Å². The Labute approximate surface area is 102 Å². The van der Waals surface area contributed by atoms with E-state index in [-0.39, 0.29) is 5.91 Å². The summed E-state index contributed by atoms with van der Waals surface area (Å²) in [6.45, 7) is 5.00. The molecule has 1 N–H and O–H groups in total. The average molecular weight is 237 g/mol. The lowest BCUT2D eigenvalue weighted by atomic mass is 10.1. The molecule has 4 nitrogen and oxygen atoms in total. The number of carbonyl (C=O) groups excluding carboxylic acids is 1. The quantitative estimate of drug-likeness (QED) is 0.773. The zero-order valence-electron chi connectivity index (χ0n) is 10.5. The maximum Gasteiger partial charge on any atom is 0.274 e. The third-order valence-electron chi connectivity index (χ3n) is 2.28. The summed E-state index contributed by atoms with van der Waals surface area (Å²) in [6.07, 6.45) is 1.02. The first kappa shape index (κ1) is 13.5. The second-order valence-electron chi connectivity index (χ2n) is 4.19. The first-order chi connectivity index (χ1) is 8.13. The molecule has 0 spiro atoms. The smallest absolute Gasteiger partial charge is 0.274 e. The number of benzene rings is 1. The lowest BCUT2D eigenvalue weighted by Gasteiger charge is -2.08. The van der Waals surface area contributed by atoms with E-state index in [0.29, 0.717) is 18.1 Å². The van der Waals surface area contributed by atoms with E-state index in [1.807, 2.05) is 0 Å². The largest absolute Gasteiger partial charge is 0.494 e. The third kappa shape index (κ3) is 4.87. The van der Waals surface area contributed by atoms with Crippen LogP contribution in [0.4, 0.5) is 0 Å². The Hall–Kier alpha value is -1.55. The van der Waals surface area contributed by atoms with Gasteiger partial charge in [-0.2, -0.15) is 0 Å². The molecule has 0 atom stereocenters.